The average Bonchev–Trinajstić information content (AvgIpc) is 3.36. The summed E-state index contributed by atoms with van der Waals surface area (Å²) in [4.78, 5) is 19.2. The fraction of sp³-hybridized carbons (Fsp3) is 0.333. The smallest absolute Gasteiger partial charge is 0.384 e. The molecule has 3 heterocycles. The van der Waals surface area contributed by atoms with Crippen molar-refractivity contribution in [3.63, 3.8) is 0 Å². The molecule has 0 saturated carbocycles. The molecule has 43 heavy (non-hydrogen) atoms. The van der Waals surface area contributed by atoms with Gasteiger partial charge in [0, 0.05) is 24.6 Å². The first-order valence-electron chi connectivity index (χ1n) is 14.3. The Balaban J connectivity index is 1.45. The first-order chi connectivity index (χ1) is 20.7. The van der Waals surface area contributed by atoms with Gasteiger partial charge in [-0.1, -0.05) is 60.7 Å². The summed E-state index contributed by atoms with van der Waals surface area (Å²) in [7, 11) is 0. The Bertz CT molecular complexity index is 1630. The number of anilines is 1. The van der Waals surface area contributed by atoms with E-state index in [1.807, 2.05) is 73.7 Å². The normalized spacial score (nSPS) is 19.4. The number of halogens is 3. The number of hydrogen-bond acceptors (Lipinski definition) is 6. The van der Waals surface area contributed by atoms with Crippen LogP contribution >= 0.6 is 0 Å². The predicted molar refractivity (Wildman–Crippen MR) is 154 cm³/mol. The van der Waals surface area contributed by atoms with Crippen LogP contribution in [0, 0.1) is 18.3 Å². The van der Waals surface area contributed by atoms with Crippen LogP contribution in [-0.2, 0) is 11.2 Å². The second-order valence-electron chi connectivity index (χ2n) is 11.3. The lowest BCUT2D eigenvalue weighted by Gasteiger charge is -2.35. The molecule has 4 aromatic rings. The Hall–Kier alpha value is -4.49. The lowest BCUT2D eigenvalue weighted by Crippen LogP contribution is -2.43. The summed E-state index contributed by atoms with van der Waals surface area (Å²) in [6, 6.07) is 22.2. The topological polar surface area (TPSA) is 95.0 Å². The van der Waals surface area contributed by atoms with Gasteiger partial charge in [0.15, 0.2) is 5.78 Å². The zero-order valence-corrected chi connectivity index (χ0v) is 23.5. The number of rotatable bonds is 5. The van der Waals surface area contributed by atoms with E-state index in [1.54, 1.807) is 10.9 Å². The highest BCUT2D eigenvalue weighted by Gasteiger charge is 2.54. The Morgan fingerprint density at radius 1 is 1.02 bits per heavy atom. The van der Waals surface area contributed by atoms with Crippen molar-refractivity contribution in [1.82, 2.24) is 14.8 Å². The highest BCUT2D eigenvalue weighted by molar-refractivity contribution is 5.88. The highest BCUT2D eigenvalue weighted by Crippen LogP contribution is 2.48. The molecular weight excluding hydrogens is 555 g/mol. The standard InChI is InChI=1S/C33H30F3N5O2/c1-20-16-24(19-38-25(20)18-37)40-14-12-21(13-15-40)30-28-26(17-27(42)32(43)29(28)33(34,35)36)41(39-30)31(22-8-4-2-5-9-22)23-10-6-3-7-11-23/h2-11,16,19,21,29,31-32,43H,12-15,17H2,1H3/t29-,32+/m1/s1. The van der Waals surface area contributed by atoms with E-state index in [-0.39, 0.29) is 23.6 Å². The summed E-state index contributed by atoms with van der Waals surface area (Å²) in [5.41, 5.74) is 4.06. The number of aryl methyl sites for hydroxylation is 1. The lowest BCUT2D eigenvalue weighted by atomic mass is 9.78. The van der Waals surface area contributed by atoms with E-state index in [9.17, 15) is 28.3 Å². The number of aliphatic hydroxyl groups excluding tert-OH is 1. The van der Waals surface area contributed by atoms with Crippen molar-refractivity contribution in [2.24, 2.45) is 0 Å². The number of alkyl halides is 3. The average molecular weight is 586 g/mol. The van der Waals surface area contributed by atoms with Gasteiger partial charge in [-0.05, 0) is 42.5 Å². The third-order valence-electron chi connectivity index (χ3n) is 8.62. The molecule has 1 saturated heterocycles. The van der Waals surface area contributed by atoms with Crippen LogP contribution in [0.2, 0.25) is 0 Å². The molecule has 2 aromatic heterocycles. The van der Waals surface area contributed by atoms with Crippen LogP contribution in [0.4, 0.5) is 18.9 Å². The molecule has 6 rings (SSSR count). The molecule has 1 fully saturated rings. The van der Waals surface area contributed by atoms with Gasteiger partial charge < -0.3 is 10.0 Å². The number of Topliss-reactive ketones (excluding diaryl/α,β-unsaturated/α-hetero) is 1. The van der Waals surface area contributed by atoms with E-state index in [4.69, 9.17) is 5.10 Å². The molecule has 1 N–H and O–H groups in total. The summed E-state index contributed by atoms with van der Waals surface area (Å²) >= 11 is 0. The maximum atomic E-state index is 14.6. The number of carbonyl (C=O) groups excluding carboxylic acids is 1. The second-order valence-corrected chi connectivity index (χ2v) is 11.3. The van der Waals surface area contributed by atoms with Crippen LogP contribution in [0.1, 0.15) is 70.1 Å². The van der Waals surface area contributed by atoms with Crippen molar-refractivity contribution in [3.8, 4) is 6.07 Å². The quantitative estimate of drug-likeness (QED) is 0.327. The monoisotopic (exact) mass is 585 g/mol. The van der Waals surface area contributed by atoms with E-state index in [1.165, 1.54) is 0 Å². The van der Waals surface area contributed by atoms with Crippen molar-refractivity contribution in [3.05, 3.63) is 112 Å². The van der Waals surface area contributed by atoms with Crippen LogP contribution in [0.5, 0.6) is 0 Å². The van der Waals surface area contributed by atoms with Gasteiger partial charge in [-0.25, -0.2) is 4.98 Å². The Kier molecular flexibility index (Phi) is 7.52. The molecule has 0 bridgehead atoms. The minimum absolute atomic E-state index is 0.0641. The molecule has 0 radical (unpaired) electrons. The molecule has 220 valence electrons. The van der Waals surface area contributed by atoms with Gasteiger partial charge >= 0.3 is 6.18 Å². The molecule has 1 aliphatic heterocycles. The second kappa shape index (κ2) is 11.3. The summed E-state index contributed by atoms with van der Waals surface area (Å²) in [6.45, 7) is 2.93. The number of aromatic nitrogens is 3. The van der Waals surface area contributed by atoms with Gasteiger partial charge in [0.2, 0.25) is 0 Å². The number of hydrogen-bond donors (Lipinski definition) is 1. The SMILES string of the molecule is Cc1cc(N2CCC(c3nn(C(c4ccccc4)c4ccccc4)c4c3[C@@H](C(F)(F)F)[C@@H](O)C(=O)C4)CC2)cnc1C#N. The summed E-state index contributed by atoms with van der Waals surface area (Å²) in [5, 5.41) is 24.8. The number of nitrogens with zero attached hydrogens (tertiary/aromatic N) is 5. The van der Waals surface area contributed by atoms with E-state index < -0.39 is 30.0 Å². The number of piperidine rings is 1. The molecule has 2 aromatic carbocycles. The number of carbonyl (C=O) groups is 1. The first kappa shape index (κ1) is 28.6. The zero-order chi connectivity index (χ0) is 30.3. The number of benzene rings is 2. The van der Waals surface area contributed by atoms with Crippen LogP contribution < -0.4 is 4.90 Å². The fourth-order valence-electron chi connectivity index (χ4n) is 6.49. The Morgan fingerprint density at radius 3 is 2.16 bits per heavy atom. The zero-order valence-electron chi connectivity index (χ0n) is 23.5. The van der Waals surface area contributed by atoms with Crippen molar-refractivity contribution in [2.45, 2.75) is 56.3 Å². The first-order valence-corrected chi connectivity index (χ1v) is 14.3. The number of fused-ring (bicyclic) bond motifs is 1. The van der Waals surface area contributed by atoms with Crippen LogP contribution in [0.3, 0.4) is 0 Å². The van der Waals surface area contributed by atoms with Gasteiger partial charge in [0.05, 0.1) is 29.7 Å². The van der Waals surface area contributed by atoms with Gasteiger partial charge in [0.1, 0.15) is 29.8 Å². The lowest BCUT2D eigenvalue weighted by molar-refractivity contribution is -0.179. The number of ketones is 1. The number of nitriles is 1. The molecule has 0 unspecified atom stereocenters. The molecular formula is C33H30F3N5O2. The van der Waals surface area contributed by atoms with Crippen LogP contribution in [-0.4, -0.2) is 51.0 Å². The molecule has 0 spiro atoms. The van der Waals surface area contributed by atoms with Gasteiger partial charge in [0.25, 0.3) is 0 Å². The molecule has 10 heteroatoms. The predicted octanol–water partition coefficient (Wildman–Crippen LogP) is 5.61. The van der Waals surface area contributed by atoms with Crippen molar-refractivity contribution < 1.29 is 23.1 Å². The molecule has 1 aliphatic carbocycles. The van der Waals surface area contributed by atoms with Gasteiger partial charge in [-0.2, -0.15) is 23.5 Å². The van der Waals surface area contributed by atoms with Crippen molar-refractivity contribution in [1.29, 1.82) is 5.26 Å². The van der Waals surface area contributed by atoms with E-state index in [2.05, 4.69) is 16.0 Å². The van der Waals surface area contributed by atoms with Gasteiger partial charge in [-0.15, -0.1) is 0 Å². The Morgan fingerprint density at radius 2 is 1.63 bits per heavy atom. The number of pyridine rings is 1. The minimum Gasteiger partial charge on any atom is -0.384 e. The maximum Gasteiger partial charge on any atom is 0.398 e. The van der Waals surface area contributed by atoms with E-state index >= 15 is 0 Å². The largest absolute Gasteiger partial charge is 0.398 e. The highest BCUT2D eigenvalue weighted by atomic mass is 19.4. The third kappa shape index (κ3) is 5.30. The molecule has 2 atom stereocenters. The maximum absolute atomic E-state index is 14.6. The third-order valence-corrected chi connectivity index (χ3v) is 8.62. The van der Waals surface area contributed by atoms with E-state index in [0.29, 0.717) is 37.3 Å². The van der Waals surface area contributed by atoms with Crippen molar-refractivity contribution in [2.75, 3.05) is 18.0 Å². The summed E-state index contributed by atoms with van der Waals surface area (Å²) < 4.78 is 45.5. The van der Waals surface area contributed by atoms with Crippen LogP contribution in [0.15, 0.2) is 72.9 Å². The molecule has 2 aliphatic rings. The molecule has 0 amide bonds. The number of aliphatic hydroxyl groups is 1. The summed E-state index contributed by atoms with van der Waals surface area (Å²) in [6.07, 6.45) is -4.65. The molecule has 7 nitrogen and oxygen atoms in total. The van der Waals surface area contributed by atoms with Gasteiger partial charge in [-0.3, -0.25) is 9.48 Å². The Labute approximate surface area is 247 Å². The van der Waals surface area contributed by atoms with Crippen LogP contribution in [0.25, 0.3) is 0 Å². The summed E-state index contributed by atoms with van der Waals surface area (Å²) in [5.74, 6) is -3.51. The minimum atomic E-state index is -4.84. The fourth-order valence-corrected chi connectivity index (χ4v) is 6.49. The van der Waals surface area contributed by atoms with Crippen molar-refractivity contribution >= 4 is 11.5 Å². The van der Waals surface area contributed by atoms with E-state index in [0.717, 1.165) is 22.4 Å².